The van der Waals surface area contributed by atoms with Gasteiger partial charge in [0.05, 0.1) is 0 Å². The number of rotatable bonds is 3. The van der Waals surface area contributed by atoms with Crippen molar-refractivity contribution in [3.63, 3.8) is 0 Å². The van der Waals surface area contributed by atoms with Gasteiger partial charge in [0.1, 0.15) is 6.61 Å². The molecule has 0 aliphatic carbocycles. The summed E-state index contributed by atoms with van der Waals surface area (Å²) in [6.07, 6.45) is 0. The van der Waals surface area contributed by atoms with Crippen LogP contribution in [-0.2, 0) is 14.3 Å². The molecule has 0 saturated heterocycles. The van der Waals surface area contributed by atoms with E-state index in [9.17, 15) is 9.59 Å². The highest BCUT2D eigenvalue weighted by molar-refractivity contribution is 5.89. The Morgan fingerprint density at radius 1 is 1.36 bits per heavy atom. The first-order chi connectivity index (χ1) is 4.54. The molecule has 0 saturated carbocycles. The Morgan fingerprint density at radius 3 is 2.09 bits per heavy atom. The van der Waals surface area contributed by atoms with E-state index in [-0.39, 0.29) is 24.8 Å². The van der Waals surface area contributed by atoms with E-state index in [0.29, 0.717) is 5.57 Å². The van der Waals surface area contributed by atoms with Gasteiger partial charge in [0, 0.05) is 5.57 Å². The molecule has 3 nitrogen and oxygen atoms in total. The Balaban J connectivity index is 0. The number of hydrogen-bond acceptors (Lipinski definition) is 3. The molecule has 0 bridgehead atoms. The molecular weight excluding hydrogens is 168 g/mol. The summed E-state index contributed by atoms with van der Waals surface area (Å²) in [5.41, 5.74) is 0.307. The van der Waals surface area contributed by atoms with Crippen LogP contribution in [0.4, 0.5) is 0 Å². The van der Waals surface area contributed by atoms with Crippen LogP contribution in [0.5, 0.6) is 0 Å². The van der Waals surface area contributed by atoms with Crippen molar-refractivity contribution >= 4 is 24.2 Å². The molecule has 0 heterocycles. The van der Waals surface area contributed by atoms with Gasteiger partial charge in [-0.1, -0.05) is 6.58 Å². The Bertz CT molecular complexity index is 175. The maximum absolute atomic E-state index is 10.6. The van der Waals surface area contributed by atoms with Gasteiger partial charge in [-0.15, -0.1) is 12.4 Å². The lowest BCUT2D eigenvalue weighted by Gasteiger charge is -1.99. The number of ketones is 1. The number of halogens is 1. The maximum atomic E-state index is 10.6. The van der Waals surface area contributed by atoms with E-state index < -0.39 is 5.97 Å². The fraction of sp³-hybridized carbons (Fsp3) is 0.429. The lowest BCUT2D eigenvalue weighted by molar-refractivity contribution is -0.143. The summed E-state index contributed by atoms with van der Waals surface area (Å²) in [5.74, 6) is -0.690. The average Bonchev–Trinajstić information content (AvgIpc) is 1.82. The van der Waals surface area contributed by atoms with Gasteiger partial charge >= 0.3 is 5.97 Å². The van der Waals surface area contributed by atoms with Crippen molar-refractivity contribution in [2.24, 2.45) is 0 Å². The summed E-state index contributed by atoms with van der Waals surface area (Å²) in [7, 11) is 0. The highest BCUT2D eigenvalue weighted by atomic mass is 35.5. The summed E-state index contributed by atoms with van der Waals surface area (Å²) < 4.78 is 4.48. The smallest absolute Gasteiger partial charge is 0.333 e. The first-order valence-electron chi connectivity index (χ1n) is 2.86. The molecule has 0 aromatic heterocycles. The Kier molecular flexibility index (Phi) is 6.89. The van der Waals surface area contributed by atoms with E-state index >= 15 is 0 Å². The number of hydrogen-bond donors (Lipinski definition) is 0. The third kappa shape index (κ3) is 7.06. The van der Waals surface area contributed by atoms with Crippen molar-refractivity contribution in [1.82, 2.24) is 0 Å². The van der Waals surface area contributed by atoms with Gasteiger partial charge in [0.2, 0.25) is 0 Å². The molecule has 4 heteroatoms. The van der Waals surface area contributed by atoms with Gasteiger partial charge in [0.25, 0.3) is 0 Å². The quantitative estimate of drug-likeness (QED) is 0.481. The molecule has 0 aromatic carbocycles. The Morgan fingerprint density at radius 2 is 1.82 bits per heavy atom. The molecule has 0 atom stereocenters. The van der Waals surface area contributed by atoms with Crippen LogP contribution in [-0.4, -0.2) is 18.4 Å². The normalized spacial score (nSPS) is 7.82. The molecule has 0 aliphatic rings. The van der Waals surface area contributed by atoms with E-state index in [1.54, 1.807) is 0 Å². The third-order valence-corrected chi connectivity index (χ3v) is 0.755. The predicted octanol–water partition coefficient (Wildman–Crippen LogP) is 1.12. The van der Waals surface area contributed by atoms with Crippen LogP contribution in [0.3, 0.4) is 0 Å². The van der Waals surface area contributed by atoms with Crippen molar-refractivity contribution < 1.29 is 14.3 Å². The second-order valence-corrected chi connectivity index (χ2v) is 2.06. The van der Waals surface area contributed by atoms with Crippen LogP contribution in [0.15, 0.2) is 12.2 Å². The van der Waals surface area contributed by atoms with Crippen molar-refractivity contribution in [2.75, 3.05) is 6.61 Å². The molecule has 0 radical (unpaired) electrons. The fourth-order valence-corrected chi connectivity index (χ4v) is 0.290. The number of esters is 1. The molecule has 0 spiro atoms. The summed E-state index contributed by atoms with van der Waals surface area (Å²) >= 11 is 0. The van der Waals surface area contributed by atoms with Gasteiger partial charge in [0.15, 0.2) is 5.78 Å². The lowest BCUT2D eigenvalue weighted by atomic mass is 10.4. The summed E-state index contributed by atoms with van der Waals surface area (Å²) in [6, 6.07) is 0. The first kappa shape index (κ1) is 12.8. The van der Waals surface area contributed by atoms with Gasteiger partial charge < -0.3 is 4.74 Å². The van der Waals surface area contributed by atoms with Gasteiger partial charge in [-0.3, -0.25) is 4.79 Å². The standard InChI is InChI=1S/C7H10O3.ClH/c1-5(2)7(9)10-4-6(3)8;/h1,4H2,2-3H3;1H. The molecule has 0 N–H and O–H groups in total. The second-order valence-electron chi connectivity index (χ2n) is 2.06. The number of Topliss-reactive ketones (excluding diaryl/α,β-unsaturated/α-hetero) is 1. The minimum absolute atomic E-state index is 0. The highest BCUT2D eigenvalue weighted by Crippen LogP contribution is 1.90. The highest BCUT2D eigenvalue weighted by Gasteiger charge is 2.03. The molecule has 0 fully saturated rings. The monoisotopic (exact) mass is 178 g/mol. The van der Waals surface area contributed by atoms with E-state index in [1.165, 1.54) is 13.8 Å². The third-order valence-electron chi connectivity index (χ3n) is 0.755. The molecule has 0 aliphatic heterocycles. The van der Waals surface area contributed by atoms with Gasteiger partial charge in [-0.2, -0.15) is 0 Å². The Hall–Kier alpha value is -0.830. The van der Waals surface area contributed by atoms with Crippen LogP contribution in [0.25, 0.3) is 0 Å². The van der Waals surface area contributed by atoms with Crippen molar-refractivity contribution in [3.8, 4) is 0 Å². The number of ether oxygens (including phenoxy) is 1. The van der Waals surface area contributed by atoms with Crippen LogP contribution in [0, 0.1) is 0 Å². The molecule has 0 unspecified atom stereocenters. The van der Waals surface area contributed by atoms with Crippen molar-refractivity contribution in [3.05, 3.63) is 12.2 Å². The van der Waals surface area contributed by atoms with Gasteiger partial charge in [-0.25, -0.2) is 4.79 Å². The first-order valence-corrected chi connectivity index (χ1v) is 2.86. The summed E-state index contributed by atoms with van der Waals surface area (Å²) in [4.78, 5) is 20.8. The second kappa shape index (κ2) is 5.92. The predicted molar refractivity (Wildman–Crippen MR) is 43.7 cm³/mol. The van der Waals surface area contributed by atoms with Crippen LogP contribution in [0.1, 0.15) is 13.8 Å². The minimum Gasteiger partial charge on any atom is -0.454 e. The molecular formula is C7H11ClO3. The van der Waals surface area contributed by atoms with Crippen molar-refractivity contribution in [2.45, 2.75) is 13.8 Å². The molecule has 0 rings (SSSR count). The zero-order valence-electron chi connectivity index (χ0n) is 6.55. The minimum atomic E-state index is -0.518. The average molecular weight is 179 g/mol. The largest absolute Gasteiger partial charge is 0.454 e. The topological polar surface area (TPSA) is 43.4 Å². The number of carbonyl (C=O) groups is 2. The molecule has 64 valence electrons. The zero-order chi connectivity index (χ0) is 8.15. The molecule has 11 heavy (non-hydrogen) atoms. The molecule has 0 amide bonds. The van der Waals surface area contributed by atoms with Gasteiger partial charge in [-0.05, 0) is 13.8 Å². The maximum Gasteiger partial charge on any atom is 0.333 e. The Labute approximate surface area is 71.8 Å². The van der Waals surface area contributed by atoms with Crippen LogP contribution < -0.4 is 0 Å². The summed E-state index contributed by atoms with van der Waals surface area (Å²) in [6.45, 7) is 6.07. The van der Waals surface area contributed by atoms with E-state index in [4.69, 9.17) is 0 Å². The van der Waals surface area contributed by atoms with Crippen LogP contribution in [0.2, 0.25) is 0 Å². The fourth-order valence-electron chi connectivity index (χ4n) is 0.290. The number of carbonyl (C=O) groups excluding carboxylic acids is 2. The summed E-state index contributed by atoms with van der Waals surface area (Å²) in [5, 5.41) is 0. The zero-order valence-corrected chi connectivity index (χ0v) is 7.36. The van der Waals surface area contributed by atoms with E-state index in [1.807, 2.05) is 0 Å². The lowest BCUT2D eigenvalue weighted by Crippen LogP contribution is -2.11. The van der Waals surface area contributed by atoms with Crippen molar-refractivity contribution in [1.29, 1.82) is 0 Å². The van der Waals surface area contributed by atoms with E-state index in [2.05, 4.69) is 11.3 Å². The SMILES string of the molecule is C=C(C)C(=O)OCC(C)=O.Cl. The molecule has 0 aromatic rings. The van der Waals surface area contributed by atoms with Crippen LogP contribution >= 0.6 is 12.4 Å². The van der Waals surface area contributed by atoms with E-state index in [0.717, 1.165) is 0 Å².